The second kappa shape index (κ2) is 11.4. The van der Waals surface area contributed by atoms with Gasteiger partial charge in [-0.1, -0.05) is 24.3 Å². The summed E-state index contributed by atoms with van der Waals surface area (Å²) in [5.41, 5.74) is 5.81. The zero-order valence-corrected chi connectivity index (χ0v) is 22.1. The fourth-order valence-corrected chi connectivity index (χ4v) is 6.40. The maximum atomic E-state index is 12.5. The van der Waals surface area contributed by atoms with Crippen LogP contribution in [0.3, 0.4) is 0 Å². The minimum atomic E-state index is -0.267. The number of hydrogen-bond donors (Lipinski definition) is 1. The lowest BCUT2D eigenvalue weighted by Crippen LogP contribution is -2.38. The van der Waals surface area contributed by atoms with Crippen LogP contribution in [-0.2, 0) is 4.74 Å². The first-order chi connectivity index (χ1) is 18.7. The Kier molecular flexibility index (Phi) is 7.58. The van der Waals surface area contributed by atoms with Gasteiger partial charge in [-0.05, 0) is 83.1 Å². The highest BCUT2D eigenvalue weighted by atomic mass is 32.2. The standard InChI is InChI=1S/C31H32FNO4S/c32-13-1-14-33-15-12-26(17-33)36-24-9-4-22(5-10-24)31-28-11-6-23(34)16-30(28)38-20-29(31)21-2-7-25(8-3-21)37-27-18-35-19-27/h2-11,16,26-27,34H,1,12-15,17-20H2/t26-/m0/s1. The van der Waals surface area contributed by atoms with Crippen molar-refractivity contribution in [3.8, 4) is 17.2 Å². The van der Waals surface area contributed by atoms with Crippen LogP contribution in [0.2, 0.25) is 0 Å². The highest BCUT2D eigenvalue weighted by Crippen LogP contribution is 2.45. The second-order valence-electron chi connectivity index (χ2n) is 10.0. The lowest BCUT2D eigenvalue weighted by molar-refractivity contribution is -0.0796. The van der Waals surface area contributed by atoms with Gasteiger partial charge in [-0.2, -0.15) is 0 Å². The molecule has 0 aromatic heterocycles. The van der Waals surface area contributed by atoms with E-state index in [9.17, 15) is 9.50 Å². The van der Waals surface area contributed by atoms with Gasteiger partial charge in [0.2, 0.25) is 0 Å². The monoisotopic (exact) mass is 533 g/mol. The summed E-state index contributed by atoms with van der Waals surface area (Å²) >= 11 is 1.74. The number of thioether (sulfide) groups is 1. The molecule has 0 amide bonds. The normalized spacial score (nSPS) is 19.8. The van der Waals surface area contributed by atoms with Crippen molar-refractivity contribution in [3.63, 3.8) is 0 Å². The molecule has 3 heterocycles. The first-order valence-corrected chi connectivity index (χ1v) is 14.2. The summed E-state index contributed by atoms with van der Waals surface area (Å²) in [5.74, 6) is 2.79. The van der Waals surface area contributed by atoms with Crippen LogP contribution in [0.1, 0.15) is 29.5 Å². The number of halogens is 1. The van der Waals surface area contributed by atoms with E-state index in [1.54, 1.807) is 17.8 Å². The van der Waals surface area contributed by atoms with Crippen molar-refractivity contribution in [2.45, 2.75) is 29.9 Å². The van der Waals surface area contributed by atoms with E-state index in [0.717, 1.165) is 64.9 Å². The molecule has 0 radical (unpaired) electrons. The van der Waals surface area contributed by atoms with Crippen molar-refractivity contribution in [3.05, 3.63) is 83.4 Å². The van der Waals surface area contributed by atoms with Gasteiger partial charge in [-0.3, -0.25) is 9.29 Å². The number of likely N-dealkylation sites (tertiary alicyclic amines) is 1. The maximum Gasteiger partial charge on any atom is 0.145 e. The average molecular weight is 534 g/mol. The van der Waals surface area contributed by atoms with Crippen molar-refractivity contribution in [1.29, 1.82) is 0 Å². The number of phenolic OH excluding ortho intramolecular Hbond substituents is 1. The molecule has 3 aliphatic rings. The van der Waals surface area contributed by atoms with Gasteiger partial charge >= 0.3 is 0 Å². The first kappa shape index (κ1) is 25.3. The van der Waals surface area contributed by atoms with Gasteiger partial charge < -0.3 is 19.3 Å². The summed E-state index contributed by atoms with van der Waals surface area (Å²) in [4.78, 5) is 3.35. The molecule has 2 fully saturated rings. The predicted molar refractivity (Wildman–Crippen MR) is 149 cm³/mol. The number of aromatic hydroxyl groups is 1. The number of alkyl halides is 1. The first-order valence-electron chi connectivity index (χ1n) is 13.3. The molecule has 0 bridgehead atoms. The van der Waals surface area contributed by atoms with Crippen LogP contribution in [0, 0.1) is 0 Å². The van der Waals surface area contributed by atoms with Crippen molar-refractivity contribution >= 4 is 22.9 Å². The number of fused-ring (bicyclic) bond motifs is 1. The molecule has 6 rings (SSSR count). The minimum absolute atomic E-state index is 0.136. The van der Waals surface area contributed by atoms with Crippen molar-refractivity contribution in [2.24, 2.45) is 0 Å². The van der Waals surface area contributed by atoms with E-state index >= 15 is 0 Å². The summed E-state index contributed by atoms with van der Waals surface area (Å²) in [7, 11) is 0. The number of hydrogen-bond acceptors (Lipinski definition) is 6. The Bertz CT molecular complexity index is 1290. The third-order valence-corrected chi connectivity index (χ3v) is 8.39. The molecule has 198 valence electrons. The Balaban J connectivity index is 1.26. The van der Waals surface area contributed by atoms with Gasteiger partial charge in [-0.25, -0.2) is 0 Å². The van der Waals surface area contributed by atoms with E-state index in [1.165, 1.54) is 11.1 Å². The summed E-state index contributed by atoms with van der Waals surface area (Å²) in [6, 6.07) is 22.3. The Hall–Kier alpha value is -3.00. The van der Waals surface area contributed by atoms with Crippen LogP contribution in [0.5, 0.6) is 17.2 Å². The zero-order chi connectivity index (χ0) is 25.9. The highest BCUT2D eigenvalue weighted by Gasteiger charge is 2.25. The lowest BCUT2D eigenvalue weighted by atomic mass is 9.89. The van der Waals surface area contributed by atoms with Gasteiger partial charge in [0.15, 0.2) is 0 Å². The van der Waals surface area contributed by atoms with E-state index in [1.807, 2.05) is 36.4 Å². The van der Waals surface area contributed by atoms with Gasteiger partial charge in [0.1, 0.15) is 29.5 Å². The number of rotatable bonds is 9. The average Bonchev–Trinajstić information content (AvgIpc) is 3.37. The molecule has 7 heteroatoms. The summed E-state index contributed by atoms with van der Waals surface area (Å²) in [6.07, 6.45) is 1.83. The van der Waals surface area contributed by atoms with E-state index in [-0.39, 0.29) is 24.6 Å². The molecule has 3 aliphatic heterocycles. The van der Waals surface area contributed by atoms with Gasteiger partial charge in [0.25, 0.3) is 0 Å². The van der Waals surface area contributed by atoms with Crippen molar-refractivity contribution < 1.29 is 23.7 Å². The molecule has 5 nitrogen and oxygen atoms in total. The molecule has 0 unspecified atom stereocenters. The quantitative estimate of drug-likeness (QED) is 0.362. The largest absolute Gasteiger partial charge is 0.508 e. The molecule has 3 aromatic carbocycles. The SMILES string of the molecule is Oc1ccc2c(c1)SCC(c1ccc(OC3COC3)cc1)=C2c1ccc(O[C@H]2CCN(CCCF)C2)cc1. The molecular formula is C31H32FNO4S. The predicted octanol–water partition coefficient (Wildman–Crippen LogP) is 6.05. The molecule has 0 saturated carbocycles. The van der Waals surface area contributed by atoms with Crippen LogP contribution in [-0.4, -0.2) is 67.5 Å². The molecule has 1 atom stereocenters. The van der Waals surface area contributed by atoms with Crippen molar-refractivity contribution in [2.75, 3.05) is 45.3 Å². The topological polar surface area (TPSA) is 51.2 Å². The Morgan fingerprint density at radius 2 is 1.63 bits per heavy atom. The third kappa shape index (κ3) is 5.55. The molecule has 3 aromatic rings. The summed E-state index contributed by atoms with van der Waals surface area (Å²) in [5, 5.41) is 10.1. The molecule has 1 N–H and O–H groups in total. The number of ether oxygens (including phenoxy) is 3. The lowest BCUT2D eigenvalue weighted by Gasteiger charge is -2.27. The zero-order valence-electron chi connectivity index (χ0n) is 21.3. The van der Waals surface area contributed by atoms with Crippen LogP contribution >= 0.6 is 11.8 Å². The maximum absolute atomic E-state index is 12.5. The summed E-state index contributed by atoms with van der Waals surface area (Å²) in [6.45, 7) is 3.62. The van der Waals surface area contributed by atoms with Crippen LogP contribution < -0.4 is 9.47 Å². The van der Waals surface area contributed by atoms with E-state index in [2.05, 4.69) is 29.2 Å². The van der Waals surface area contributed by atoms with Crippen LogP contribution in [0.25, 0.3) is 11.1 Å². The number of phenols is 1. The van der Waals surface area contributed by atoms with E-state index in [4.69, 9.17) is 14.2 Å². The smallest absolute Gasteiger partial charge is 0.145 e. The molecule has 0 spiro atoms. The molecule has 2 saturated heterocycles. The number of nitrogens with zero attached hydrogens (tertiary/aromatic N) is 1. The molecule has 0 aliphatic carbocycles. The highest BCUT2D eigenvalue weighted by molar-refractivity contribution is 7.99. The fraction of sp³-hybridized carbons (Fsp3) is 0.355. The van der Waals surface area contributed by atoms with Crippen molar-refractivity contribution in [1.82, 2.24) is 4.90 Å². The number of benzene rings is 3. The Morgan fingerprint density at radius 3 is 2.32 bits per heavy atom. The minimum Gasteiger partial charge on any atom is -0.508 e. The van der Waals surface area contributed by atoms with Gasteiger partial charge in [-0.15, -0.1) is 11.8 Å². The third-order valence-electron chi connectivity index (χ3n) is 7.30. The fourth-order valence-electron chi connectivity index (χ4n) is 5.26. The summed E-state index contributed by atoms with van der Waals surface area (Å²) < 4.78 is 30.0. The second-order valence-corrected chi connectivity index (χ2v) is 11.0. The Morgan fingerprint density at radius 1 is 0.921 bits per heavy atom. The van der Waals surface area contributed by atoms with E-state index < -0.39 is 0 Å². The van der Waals surface area contributed by atoms with Crippen LogP contribution in [0.4, 0.5) is 4.39 Å². The van der Waals surface area contributed by atoms with Crippen LogP contribution in [0.15, 0.2) is 71.6 Å². The van der Waals surface area contributed by atoms with Gasteiger partial charge in [0, 0.05) is 30.3 Å². The Labute approximate surface area is 227 Å². The van der Waals surface area contributed by atoms with E-state index in [0.29, 0.717) is 19.6 Å². The molecular weight excluding hydrogens is 501 g/mol. The van der Waals surface area contributed by atoms with Gasteiger partial charge in [0.05, 0.1) is 19.9 Å². The molecule has 38 heavy (non-hydrogen) atoms.